The van der Waals surface area contributed by atoms with E-state index in [0.717, 1.165) is 48.8 Å². The zero-order chi connectivity index (χ0) is 27.5. The van der Waals surface area contributed by atoms with E-state index in [1.807, 2.05) is 62.4 Å². The molecule has 39 heavy (non-hydrogen) atoms. The second-order valence-electron chi connectivity index (χ2n) is 10.2. The van der Waals surface area contributed by atoms with Gasteiger partial charge in [-0.3, -0.25) is 0 Å². The van der Waals surface area contributed by atoms with Gasteiger partial charge in [-0.25, -0.2) is 9.78 Å². The minimum atomic E-state index is -1.12. The number of hydrogen-bond donors (Lipinski definition) is 3. The summed E-state index contributed by atoms with van der Waals surface area (Å²) in [5.41, 5.74) is 5.31. The first-order chi connectivity index (χ1) is 18.8. The number of aromatic carboxylic acids is 1. The zero-order valence-electron chi connectivity index (χ0n) is 22.6. The molecule has 0 amide bonds. The van der Waals surface area contributed by atoms with Crippen LogP contribution in [0.4, 0.5) is 22.9 Å². The van der Waals surface area contributed by atoms with E-state index in [4.69, 9.17) is 14.9 Å². The number of pyridine rings is 1. The van der Waals surface area contributed by atoms with Gasteiger partial charge < -0.3 is 35.1 Å². The Bertz CT molecular complexity index is 1350. The maximum absolute atomic E-state index is 12.1. The molecule has 2 aromatic carbocycles. The van der Waals surface area contributed by atoms with Crippen LogP contribution < -0.4 is 15.1 Å². The first-order valence-electron chi connectivity index (χ1n) is 13.3. The molecule has 3 aromatic rings. The Morgan fingerprint density at radius 1 is 1.08 bits per heavy atom. The van der Waals surface area contributed by atoms with Crippen molar-refractivity contribution < 1.29 is 19.4 Å². The number of rotatable bonds is 9. The van der Waals surface area contributed by atoms with Crippen molar-refractivity contribution in [2.75, 3.05) is 61.6 Å². The summed E-state index contributed by atoms with van der Waals surface area (Å²) in [6.45, 7) is 8.62. The molecular formula is C30H35N5O4. The number of ether oxygens (including phenoxy) is 2. The zero-order valence-corrected chi connectivity index (χ0v) is 22.6. The summed E-state index contributed by atoms with van der Waals surface area (Å²) in [5, 5.41) is 22.3. The number of methoxy groups -OCH3 is 1. The number of morpholine rings is 1. The second kappa shape index (κ2) is 11.4. The second-order valence-corrected chi connectivity index (χ2v) is 10.2. The van der Waals surface area contributed by atoms with Crippen LogP contribution in [0.15, 0.2) is 54.6 Å². The summed E-state index contributed by atoms with van der Waals surface area (Å²) in [4.78, 5) is 21.1. The van der Waals surface area contributed by atoms with Crippen LogP contribution in [0.3, 0.4) is 0 Å². The Morgan fingerprint density at radius 2 is 1.79 bits per heavy atom. The average Bonchev–Trinajstić information content (AvgIpc) is 2.92. The molecule has 204 valence electrons. The molecule has 0 saturated carbocycles. The van der Waals surface area contributed by atoms with Crippen molar-refractivity contribution in [3.05, 3.63) is 65.9 Å². The van der Waals surface area contributed by atoms with Gasteiger partial charge in [-0.1, -0.05) is 32.0 Å². The smallest absolute Gasteiger partial charge is 0.354 e. The van der Waals surface area contributed by atoms with Crippen molar-refractivity contribution in [3.8, 4) is 11.1 Å². The van der Waals surface area contributed by atoms with Gasteiger partial charge in [0, 0.05) is 61.6 Å². The van der Waals surface area contributed by atoms with Gasteiger partial charge in [0.25, 0.3) is 0 Å². The first kappa shape index (κ1) is 26.6. The Balaban J connectivity index is 1.54. The Hall–Kier alpha value is -3.95. The topological polar surface area (TPSA) is 111 Å². The first-order valence-corrected chi connectivity index (χ1v) is 13.3. The van der Waals surface area contributed by atoms with E-state index in [-0.39, 0.29) is 17.7 Å². The average molecular weight is 530 g/mol. The van der Waals surface area contributed by atoms with Crippen LogP contribution in [-0.2, 0) is 9.47 Å². The molecule has 2 saturated heterocycles. The molecule has 5 rings (SSSR count). The number of benzene rings is 2. The molecule has 3 N–H and O–H groups in total. The lowest BCUT2D eigenvalue weighted by Gasteiger charge is -2.40. The summed E-state index contributed by atoms with van der Waals surface area (Å²) in [7, 11) is 1.72. The summed E-state index contributed by atoms with van der Waals surface area (Å²) in [6.07, 6.45) is 0.228. The van der Waals surface area contributed by atoms with E-state index >= 15 is 0 Å². The number of hydrogen-bond acceptors (Lipinski definition) is 8. The van der Waals surface area contributed by atoms with Gasteiger partial charge in [0.05, 0.1) is 19.3 Å². The fourth-order valence-electron chi connectivity index (χ4n) is 4.92. The fraction of sp³-hybridized carbons (Fsp3) is 0.367. The van der Waals surface area contributed by atoms with Crippen LogP contribution in [0, 0.1) is 11.3 Å². The van der Waals surface area contributed by atoms with Crippen molar-refractivity contribution in [2.24, 2.45) is 5.92 Å². The van der Waals surface area contributed by atoms with E-state index in [1.165, 1.54) is 0 Å². The summed E-state index contributed by atoms with van der Waals surface area (Å²) < 4.78 is 10.9. The molecule has 3 heterocycles. The van der Waals surface area contributed by atoms with Gasteiger partial charge in [-0.05, 0) is 53.4 Å². The van der Waals surface area contributed by atoms with Crippen molar-refractivity contribution in [1.82, 2.24) is 4.98 Å². The maximum atomic E-state index is 12.1. The number of carboxylic acid groups (broad SMARTS) is 1. The number of nitrogens with one attached hydrogen (secondary N) is 2. The molecule has 0 atom stereocenters. The van der Waals surface area contributed by atoms with E-state index in [0.29, 0.717) is 35.9 Å². The molecule has 0 unspecified atom stereocenters. The van der Waals surface area contributed by atoms with Crippen LogP contribution in [0.25, 0.3) is 11.1 Å². The monoisotopic (exact) mass is 529 g/mol. The molecule has 2 fully saturated rings. The molecule has 0 radical (unpaired) electrons. The molecule has 2 aliphatic rings. The van der Waals surface area contributed by atoms with Crippen molar-refractivity contribution in [1.29, 1.82) is 5.41 Å². The van der Waals surface area contributed by atoms with E-state index in [9.17, 15) is 9.90 Å². The highest BCUT2D eigenvalue weighted by molar-refractivity contribution is 6.10. The summed E-state index contributed by atoms with van der Waals surface area (Å²) >= 11 is 0. The van der Waals surface area contributed by atoms with Crippen LogP contribution >= 0.6 is 0 Å². The molecule has 9 heteroatoms. The summed E-state index contributed by atoms with van der Waals surface area (Å²) in [6, 6.07) is 17.6. The normalized spacial score (nSPS) is 15.8. The van der Waals surface area contributed by atoms with Crippen LogP contribution in [0.2, 0.25) is 0 Å². The lowest BCUT2D eigenvalue weighted by Crippen LogP contribution is -2.51. The lowest BCUT2D eigenvalue weighted by molar-refractivity contribution is 0.0690. The van der Waals surface area contributed by atoms with Gasteiger partial charge in [0.2, 0.25) is 0 Å². The molecule has 9 nitrogen and oxygen atoms in total. The molecule has 0 bridgehead atoms. The highest BCUT2D eigenvalue weighted by Gasteiger charge is 2.27. The number of carboxylic acids is 1. The number of anilines is 4. The SMILES string of the molecule is COC1CN(c2cccc(Nc3nc(C(=O)O)cc(-c4ccc(N5CCOCC5)cc4)c3C(=N)C(C)C)c2)C1. The van der Waals surface area contributed by atoms with Gasteiger partial charge >= 0.3 is 5.97 Å². The molecule has 2 aliphatic heterocycles. The van der Waals surface area contributed by atoms with Crippen LogP contribution in [0.5, 0.6) is 0 Å². The van der Waals surface area contributed by atoms with Crippen molar-refractivity contribution >= 4 is 34.6 Å². The van der Waals surface area contributed by atoms with Gasteiger partial charge in [-0.15, -0.1) is 0 Å². The van der Waals surface area contributed by atoms with Crippen molar-refractivity contribution in [2.45, 2.75) is 20.0 Å². The standard InChI is InChI=1S/C30H35N5O4/c1-19(2)28(31)27-25(20-7-9-22(10-8-20)34-11-13-39-14-12-34)16-26(30(36)37)33-29(27)32-21-5-4-6-23(15-21)35-17-24(18-35)38-3/h4-10,15-16,19,24,31H,11-14,17-18H2,1-3H3,(H,32,33)(H,36,37). The van der Waals surface area contributed by atoms with Crippen LogP contribution in [0.1, 0.15) is 29.9 Å². The largest absolute Gasteiger partial charge is 0.477 e. The molecule has 0 spiro atoms. The maximum Gasteiger partial charge on any atom is 0.354 e. The Morgan fingerprint density at radius 3 is 2.44 bits per heavy atom. The van der Waals surface area contributed by atoms with E-state index < -0.39 is 5.97 Å². The quantitative estimate of drug-likeness (QED) is 0.336. The van der Waals surface area contributed by atoms with E-state index in [1.54, 1.807) is 13.2 Å². The Labute approximate surface area is 228 Å². The van der Waals surface area contributed by atoms with E-state index in [2.05, 4.69) is 20.1 Å². The fourth-order valence-corrected chi connectivity index (χ4v) is 4.92. The predicted molar refractivity (Wildman–Crippen MR) is 154 cm³/mol. The molecular weight excluding hydrogens is 494 g/mol. The Kier molecular flexibility index (Phi) is 7.81. The number of aromatic nitrogens is 1. The van der Waals surface area contributed by atoms with Crippen molar-refractivity contribution in [3.63, 3.8) is 0 Å². The third-order valence-electron chi connectivity index (χ3n) is 7.30. The summed E-state index contributed by atoms with van der Waals surface area (Å²) in [5.74, 6) is -0.851. The third kappa shape index (κ3) is 5.74. The van der Waals surface area contributed by atoms with Crippen LogP contribution in [-0.4, -0.2) is 74.4 Å². The van der Waals surface area contributed by atoms with Gasteiger partial charge in [0.1, 0.15) is 5.82 Å². The minimum Gasteiger partial charge on any atom is -0.477 e. The predicted octanol–water partition coefficient (Wildman–Crippen LogP) is 4.89. The van der Waals surface area contributed by atoms with Gasteiger partial charge in [-0.2, -0.15) is 0 Å². The minimum absolute atomic E-state index is 0.0769. The number of nitrogens with zero attached hydrogens (tertiary/aromatic N) is 3. The lowest BCUT2D eigenvalue weighted by atomic mass is 9.91. The molecule has 0 aliphatic carbocycles. The highest BCUT2D eigenvalue weighted by atomic mass is 16.5. The highest BCUT2D eigenvalue weighted by Crippen LogP contribution is 2.35. The van der Waals surface area contributed by atoms with Gasteiger partial charge in [0.15, 0.2) is 5.69 Å². The molecule has 1 aromatic heterocycles. The third-order valence-corrected chi connectivity index (χ3v) is 7.30. The number of carbonyl (C=O) groups is 1.